The van der Waals surface area contributed by atoms with Crippen LogP contribution < -0.4 is 20.1 Å². The molecule has 116 valence electrons. The van der Waals surface area contributed by atoms with Crippen molar-refractivity contribution in [1.82, 2.24) is 20.8 Å². The Labute approximate surface area is 128 Å². The largest absolute Gasteiger partial charge is 0.454 e. The second kappa shape index (κ2) is 6.84. The standard InChI is InChI=1S/C15H19N5O2/c1-2-16-15(18-9-12-5-6-19-20-12)17-8-11-3-4-13-14(7-11)22-10-21-13/h3-7H,2,8-10H2,1H3,(H,19,20)(H2,16,17,18). The Morgan fingerprint density at radius 3 is 3.00 bits per heavy atom. The van der Waals surface area contributed by atoms with Gasteiger partial charge in [-0.15, -0.1) is 0 Å². The maximum Gasteiger partial charge on any atom is 0.231 e. The van der Waals surface area contributed by atoms with Crippen molar-refractivity contribution >= 4 is 5.96 Å². The van der Waals surface area contributed by atoms with Crippen LogP contribution in [-0.4, -0.2) is 29.5 Å². The lowest BCUT2D eigenvalue weighted by Gasteiger charge is -2.10. The Bertz CT molecular complexity index is 639. The third-order valence-corrected chi connectivity index (χ3v) is 3.21. The van der Waals surface area contributed by atoms with Crippen LogP contribution in [-0.2, 0) is 13.1 Å². The highest BCUT2D eigenvalue weighted by Crippen LogP contribution is 2.32. The number of H-pyrrole nitrogens is 1. The highest BCUT2D eigenvalue weighted by Gasteiger charge is 2.12. The highest BCUT2D eigenvalue weighted by molar-refractivity contribution is 5.79. The van der Waals surface area contributed by atoms with Crippen LogP contribution >= 0.6 is 0 Å². The number of aliphatic imine (C=N–C) groups is 1. The summed E-state index contributed by atoms with van der Waals surface area (Å²) in [7, 11) is 0. The molecule has 0 saturated carbocycles. The molecule has 3 rings (SSSR count). The van der Waals surface area contributed by atoms with Gasteiger partial charge in [0.15, 0.2) is 17.5 Å². The summed E-state index contributed by atoms with van der Waals surface area (Å²) in [4.78, 5) is 4.57. The number of aromatic nitrogens is 2. The zero-order valence-electron chi connectivity index (χ0n) is 12.4. The first-order valence-corrected chi connectivity index (χ1v) is 7.24. The minimum atomic E-state index is 0.288. The van der Waals surface area contributed by atoms with Gasteiger partial charge in [-0.3, -0.25) is 5.10 Å². The number of nitrogens with one attached hydrogen (secondary N) is 3. The van der Waals surface area contributed by atoms with E-state index in [0.717, 1.165) is 35.3 Å². The normalized spacial score (nSPS) is 13.2. The third kappa shape index (κ3) is 3.49. The fourth-order valence-corrected chi connectivity index (χ4v) is 2.11. The number of benzene rings is 1. The molecule has 0 fully saturated rings. The van der Waals surface area contributed by atoms with E-state index in [2.05, 4.69) is 25.8 Å². The lowest BCUT2D eigenvalue weighted by atomic mass is 10.2. The minimum Gasteiger partial charge on any atom is -0.454 e. The first-order chi connectivity index (χ1) is 10.8. The van der Waals surface area contributed by atoms with Gasteiger partial charge in [-0.25, -0.2) is 4.99 Å². The summed E-state index contributed by atoms with van der Waals surface area (Å²) in [5.41, 5.74) is 2.08. The number of aromatic amines is 1. The van der Waals surface area contributed by atoms with Crippen LogP contribution in [0, 0.1) is 0 Å². The van der Waals surface area contributed by atoms with Crippen molar-refractivity contribution < 1.29 is 9.47 Å². The Kier molecular flexibility index (Phi) is 4.43. The molecule has 2 aromatic rings. The minimum absolute atomic E-state index is 0.288. The number of ether oxygens (including phenoxy) is 2. The fraction of sp³-hybridized carbons (Fsp3) is 0.333. The van der Waals surface area contributed by atoms with Crippen molar-refractivity contribution in [3.63, 3.8) is 0 Å². The zero-order chi connectivity index (χ0) is 15.2. The number of hydrogen-bond donors (Lipinski definition) is 3. The molecule has 0 saturated heterocycles. The molecule has 1 aliphatic heterocycles. The van der Waals surface area contributed by atoms with E-state index in [1.54, 1.807) is 6.20 Å². The molecule has 22 heavy (non-hydrogen) atoms. The van der Waals surface area contributed by atoms with Crippen molar-refractivity contribution in [3.05, 3.63) is 41.7 Å². The predicted octanol–water partition coefficient (Wildman–Crippen LogP) is 1.39. The molecular formula is C15H19N5O2. The van der Waals surface area contributed by atoms with Crippen molar-refractivity contribution in [2.24, 2.45) is 4.99 Å². The molecule has 0 amide bonds. The smallest absolute Gasteiger partial charge is 0.231 e. The van der Waals surface area contributed by atoms with Gasteiger partial charge in [0.2, 0.25) is 6.79 Å². The van der Waals surface area contributed by atoms with Crippen LogP contribution in [0.3, 0.4) is 0 Å². The maximum atomic E-state index is 5.38. The SMILES string of the molecule is CCNC(=NCc1ccc2c(c1)OCO2)NCc1ccn[nH]1. The van der Waals surface area contributed by atoms with Gasteiger partial charge in [-0.05, 0) is 30.7 Å². The summed E-state index contributed by atoms with van der Waals surface area (Å²) >= 11 is 0. The summed E-state index contributed by atoms with van der Waals surface area (Å²) in [5.74, 6) is 2.33. The second-order valence-electron chi connectivity index (χ2n) is 4.82. The van der Waals surface area contributed by atoms with E-state index in [4.69, 9.17) is 9.47 Å². The Morgan fingerprint density at radius 2 is 2.18 bits per heavy atom. The molecule has 0 bridgehead atoms. The molecule has 7 nitrogen and oxygen atoms in total. The molecule has 0 atom stereocenters. The average molecular weight is 301 g/mol. The molecule has 1 aliphatic rings. The van der Waals surface area contributed by atoms with E-state index in [0.29, 0.717) is 13.1 Å². The van der Waals surface area contributed by atoms with E-state index in [1.165, 1.54) is 0 Å². The summed E-state index contributed by atoms with van der Waals surface area (Å²) < 4.78 is 10.7. The van der Waals surface area contributed by atoms with Gasteiger partial charge in [0.25, 0.3) is 0 Å². The molecule has 3 N–H and O–H groups in total. The van der Waals surface area contributed by atoms with Gasteiger partial charge < -0.3 is 20.1 Å². The quantitative estimate of drug-likeness (QED) is 0.574. The topological polar surface area (TPSA) is 83.6 Å². The fourth-order valence-electron chi connectivity index (χ4n) is 2.11. The number of rotatable bonds is 5. The summed E-state index contributed by atoms with van der Waals surface area (Å²) in [5, 5.41) is 13.3. The molecule has 0 radical (unpaired) electrons. The monoisotopic (exact) mass is 301 g/mol. The van der Waals surface area contributed by atoms with Gasteiger partial charge >= 0.3 is 0 Å². The number of nitrogens with zero attached hydrogens (tertiary/aromatic N) is 2. The van der Waals surface area contributed by atoms with Crippen LogP contribution in [0.5, 0.6) is 11.5 Å². The molecule has 0 unspecified atom stereocenters. The first kappa shape index (κ1) is 14.2. The molecule has 2 heterocycles. The number of hydrogen-bond acceptors (Lipinski definition) is 4. The van der Waals surface area contributed by atoms with Gasteiger partial charge in [-0.2, -0.15) is 5.10 Å². The predicted molar refractivity (Wildman–Crippen MR) is 82.8 cm³/mol. The van der Waals surface area contributed by atoms with Gasteiger partial charge in [0.1, 0.15) is 0 Å². The molecule has 1 aromatic carbocycles. The molecule has 0 spiro atoms. The van der Waals surface area contributed by atoms with Crippen LogP contribution in [0.15, 0.2) is 35.5 Å². The summed E-state index contributed by atoms with van der Waals surface area (Å²) in [6.07, 6.45) is 1.73. The van der Waals surface area contributed by atoms with Crippen LogP contribution in [0.1, 0.15) is 18.2 Å². The lowest BCUT2D eigenvalue weighted by Crippen LogP contribution is -2.36. The molecule has 0 aliphatic carbocycles. The van der Waals surface area contributed by atoms with Crippen molar-refractivity contribution in [2.75, 3.05) is 13.3 Å². The van der Waals surface area contributed by atoms with Crippen molar-refractivity contribution in [2.45, 2.75) is 20.0 Å². The van der Waals surface area contributed by atoms with Crippen molar-refractivity contribution in [3.8, 4) is 11.5 Å². The van der Waals surface area contributed by atoms with Gasteiger partial charge in [0, 0.05) is 12.7 Å². The van der Waals surface area contributed by atoms with Crippen LogP contribution in [0.2, 0.25) is 0 Å². The van der Waals surface area contributed by atoms with E-state index >= 15 is 0 Å². The second-order valence-corrected chi connectivity index (χ2v) is 4.82. The molecule has 1 aromatic heterocycles. The Balaban J connectivity index is 1.62. The highest BCUT2D eigenvalue weighted by atomic mass is 16.7. The summed E-state index contributed by atoms with van der Waals surface area (Å²) in [6.45, 7) is 4.34. The molecule has 7 heteroatoms. The van der Waals surface area contributed by atoms with E-state index in [1.807, 2.05) is 31.2 Å². The van der Waals surface area contributed by atoms with Crippen LogP contribution in [0.4, 0.5) is 0 Å². The zero-order valence-corrected chi connectivity index (χ0v) is 12.4. The number of guanidine groups is 1. The Morgan fingerprint density at radius 1 is 1.27 bits per heavy atom. The van der Waals surface area contributed by atoms with Crippen molar-refractivity contribution in [1.29, 1.82) is 0 Å². The number of fused-ring (bicyclic) bond motifs is 1. The van der Waals surface area contributed by atoms with E-state index in [-0.39, 0.29) is 6.79 Å². The van der Waals surface area contributed by atoms with Gasteiger partial charge in [-0.1, -0.05) is 6.07 Å². The maximum absolute atomic E-state index is 5.38. The lowest BCUT2D eigenvalue weighted by molar-refractivity contribution is 0.174. The molecular weight excluding hydrogens is 282 g/mol. The first-order valence-electron chi connectivity index (χ1n) is 7.24. The van der Waals surface area contributed by atoms with Gasteiger partial charge in [0.05, 0.1) is 18.8 Å². The average Bonchev–Trinajstić information content (AvgIpc) is 3.20. The Hall–Kier alpha value is -2.70. The summed E-state index contributed by atoms with van der Waals surface area (Å²) in [6, 6.07) is 7.80. The van der Waals surface area contributed by atoms with E-state index in [9.17, 15) is 0 Å². The third-order valence-electron chi connectivity index (χ3n) is 3.21. The van der Waals surface area contributed by atoms with E-state index < -0.39 is 0 Å². The van der Waals surface area contributed by atoms with Crippen LogP contribution in [0.25, 0.3) is 0 Å².